The van der Waals surface area contributed by atoms with Gasteiger partial charge in [0.05, 0.1) is 6.10 Å². The van der Waals surface area contributed by atoms with Crippen LogP contribution < -0.4 is 10.6 Å². The Labute approximate surface area is 139 Å². The fraction of sp³-hybridized carbons (Fsp3) is 0.222. The molecule has 0 aliphatic rings. The molecular formula is C18H19FN2O3. The molecule has 0 saturated carbocycles. The number of hydrogen-bond acceptors (Lipinski definition) is 3. The maximum Gasteiger partial charge on any atom is 0.313 e. The summed E-state index contributed by atoms with van der Waals surface area (Å²) >= 11 is 0. The van der Waals surface area contributed by atoms with Crippen LogP contribution in [0.2, 0.25) is 0 Å². The van der Waals surface area contributed by atoms with Crippen LogP contribution in [0.15, 0.2) is 48.5 Å². The predicted octanol–water partition coefficient (Wildman–Crippen LogP) is 2.58. The van der Waals surface area contributed by atoms with Crippen molar-refractivity contribution >= 4 is 17.5 Å². The van der Waals surface area contributed by atoms with E-state index in [4.69, 9.17) is 4.74 Å². The lowest BCUT2D eigenvalue weighted by molar-refractivity contribution is -0.136. The van der Waals surface area contributed by atoms with Crippen molar-refractivity contribution in [2.24, 2.45) is 0 Å². The summed E-state index contributed by atoms with van der Waals surface area (Å²) in [6.45, 7) is 1.94. The van der Waals surface area contributed by atoms with Crippen molar-refractivity contribution in [2.75, 3.05) is 19.0 Å². The molecule has 0 spiro atoms. The molecule has 0 heterocycles. The van der Waals surface area contributed by atoms with Crippen LogP contribution in [0.25, 0.3) is 0 Å². The Balaban J connectivity index is 1.92. The van der Waals surface area contributed by atoms with Crippen LogP contribution in [0.5, 0.6) is 0 Å². The largest absolute Gasteiger partial charge is 0.375 e. The van der Waals surface area contributed by atoms with Gasteiger partial charge in [-0.25, -0.2) is 4.39 Å². The highest BCUT2D eigenvalue weighted by Gasteiger charge is 2.17. The number of carbonyl (C=O) groups is 2. The first-order valence-electron chi connectivity index (χ1n) is 7.43. The molecule has 0 fully saturated rings. The number of aryl methyl sites for hydroxylation is 1. The van der Waals surface area contributed by atoms with E-state index in [2.05, 4.69) is 10.6 Å². The van der Waals surface area contributed by atoms with Crippen LogP contribution in [-0.4, -0.2) is 25.5 Å². The molecule has 24 heavy (non-hydrogen) atoms. The lowest BCUT2D eigenvalue weighted by atomic mass is 10.1. The minimum Gasteiger partial charge on any atom is -0.375 e. The SMILES string of the molecule is COC(CNC(=O)C(=O)Nc1cccc(C)c1)c1cccc(F)c1. The zero-order valence-corrected chi connectivity index (χ0v) is 13.5. The fourth-order valence-electron chi connectivity index (χ4n) is 2.22. The van der Waals surface area contributed by atoms with E-state index in [-0.39, 0.29) is 6.54 Å². The number of nitrogens with one attached hydrogen (secondary N) is 2. The Hall–Kier alpha value is -2.73. The summed E-state index contributed by atoms with van der Waals surface area (Å²) in [7, 11) is 1.45. The van der Waals surface area contributed by atoms with E-state index < -0.39 is 23.7 Å². The normalized spacial score (nSPS) is 11.6. The molecule has 0 aliphatic heterocycles. The molecule has 0 saturated heterocycles. The van der Waals surface area contributed by atoms with Crippen LogP contribution in [0.1, 0.15) is 17.2 Å². The maximum atomic E-state index is 13.3. The van der Waals surface area contributed by atoms with Gasteiger partial charge in [0.15, 0.2) is 0 Å². The number of halogens is 1. The third-order valence-corrected chi connectivity index (χ3v) is 3.44. The van der Waals surface area contributed by atoms with Crippen molar-refractivity contribution in [1.82, 2.24) is 5.32 Å². The molecule has 2 N–H and O–H groups in total. The second kappa shape index (κ2) is 8.21. The molecule has 5 nitrogen and oxygen atoms in total. The topological polar surface area (TPSA) is 67.4 Å². The number of hydrogen-bond donors (Lipinski definition) is 2. The van der Waals surface area contributed by atoms with Gasteiger partial charge in [-0.05, 0) is 42.3 Å². The van der Waals surface area contributed by atoms with Gasteiger partial charge in [0, 0.05) is 19.3 Å². The molecule has 2 aromatic rings. The summed E-state index contributed by atoms with van der Waals surface area (Å²) in [6.07, 6.45) is -0.545. The highest BCUT2D eigenvalue weighted by molar-refractivity contribution is 6.39. The highest BCUT2D eigenvalue weighted by atomic mass is 19.1. The van der Waals surface area contributed by atoms with Crippen LogP contribution in [-0.2, 0) is 14.3 Å². The Morgan fingerprint density at radius 2 is 1.88 bits per heavy atom. The molecular weight excluding hydrogens is 311 g/mol. The second-order valence-corrected chi connectivity index (χ2v) is 5.31. The van der Waals surface area contributed by atoms with Crippen molar-refractivity contribution in [3.8, 4) is 0 Å². The molecule has 1 unspecified atom stereocenters. The van der Waals surface area contributed by atoms with E-state index in [9.17, 15) is 14.0 Å². The van der Waals surface area contributed by atoms with Crippen LogP contribution in [0.4, 0.5) is 10.1 Å². The average molecular weight is 330 g/mol. The van der Waals surface area contributed by atoms with E-state index in [1.165, 1.54) is 19.2 Å². The van der Waals surface area contributed by atoms with Gasteiger partial charge in [-0.1, -0.05) is 24.3 Å². The summed E-state index contributed by atoms with van der Waals surface area (Å²) in [6, 6.07) is 13.0. The quantitative estimate of drug-likeness (QED) is 0.828. The summed E-state index contributed by atoms with van der Waals surface area (Å²) in [5.74, 6) is -1.94. The minimum atomic E-state index is -0.782. The average Bonchev–Trinajstić information content (AvgIpc) is 2.55. The lowest BCUT2D eigenvalue weighted by Crippen LogP contribution is -2.38. The number of methoxy groups -OCH3 is 1. The highest BCUT2D eigenvalue weighted by Crippen LogP contribution is 2.16. The Morgan fingerprint density at radius 3 is 2.54 bits per heavy atom. The second-order valence-electron chi connectivity index (χ2n) is 5.31. The maximum absolute atomic E-state index is 13.3. The Bertz CT molecular complexity index is 734. The van der Waals surface area contributed by atoms with Crippen molar-refractivity contribution in [2.45, 2.75) is 13.0 Å². The molecule has 2 rings (SSSR count). The van der Waals surface area contributed by atoms with Gasteiger partial charge in [0.25, 0.3) is 0 Å². The summed E-state index contributed by atoms with van der Waals surface area (Å²) in [4.78, 5) is 23.8. The van der Waals surface area contributed by atoms with Crippen molar-refractivity contribution in [3.63, 3.8) is 0 Å². The molecule has 126 valence electrons. The number of rotatable bonds is 5. The van der Waals surface area contributed by atoms with Crippen molar-refractivity contribution < 1.29 is 18.7 Å². The standard InChI is InChI=1S/C18H19FN2O3/c1-12-5-3-8-15(9-12)21-18(23)17(22)20-11-16(24-2)13-6-4-7-14(19)10-13/h3-10,16H,11H2,1-2H3,(H,20,22)(H,21,23). The van der Waals surface area contributed by atoms with Crippen molar-refractivity contribution in [3.05, 3.63) is 65.5 Å². The van der Waals surface area contributed by atoms with Crippen molar-refractivity contribution in [1.29, 1.82) is 0 Å². The first-order chi connectivity index (χ1) is 11.5. The first kappa shape index (κ1) is 17.6. The zero-order chi connectivity index (χ0) is 17.5. The smallest absolute Gasteiger partial charge is 0.313 e. The monoisotopic (exact) mass is 330 g/mol. The van der Waals surface area contributed by atoms with Gasteiger partial charge >= 0.3 is 11.8 Å². The third-order valence-electron chi connectivity index (χ3n) is 3.44. The Morgan fingerprint density at radius 1 is 1.12 bits per heavy atom. The van der Waals surface area contributed by atoms with Gasteiger partial charge in [0.2, 0.25) is 0 Å². The third kappa shape index (κ3) is 4.89. The summed E-state index contributed by atoms with van der Waals surface area (Å²) in [5, 5.41) is 5.01. The number of amides is 2. The van der Waals surface area contributed by atoms with Crippen LogP contribution in [0.3, 0.4) is 0 Å². The lowest BCUT2D eigenvalue weighted by Gasteiger charge is -2.16. The van der Waals surface area contributed by atoms with Gasteiger partial charge in [-0.15, -0.1) is 0 Å². The summed E-state index contributed by atoms with van der Waals surface area (Å²) < 4.78 is 18.5. The molecule has 6 heteroatoms. The van der Waals surface area contributed by atoms with E-state index in [0.717, 1.165) is 5.56 Å². The molecule has 0 bridgehead atoms. The number of anilines is 1. The van der Waals surface area contributed by atoms with E-state index in [1.807, 2.05) is 13.0 Å². The van der Waals surface area contributed by atoms with Gasteiger partial charge in [-0.3, -0.25) is 9.59 Å². The number of ether oxygens (including phenoxy) is 1. The molecule has 0 radical (unpaired) electrons. The fourth-order valence-corrected chi connectivity index (χ4v) is 2.22. The van der Waals surface area contributed by atoms with E-state index in [1.54, 1.807) is 30.3 Å². The number of benzene rings is 2. The minimum absolute atomic E-state index is 0.0556. The van der Waals surface area contributed by atoms with E-state index >= 15 is 0 Å². The molecule has 0 aliphatic carbocycles. The first-order valence-corrected chi connectivity index (χ1v) is 7.43. The Kier molecular flexibility index (Phi) is 6.03. The predicted molar refractivity (Wildman–Crippen MR) is 89.0 cm³/mol. The molecule has 2 aromatic carbocycles. The molecule has 1 atom stereocenters. The van der Waals surface area contributed by atoms with Gasteiger partial charge in [0.1, 0.15) is 5.82 Å². The molecule has 0 aromatic heterocycles. The van der Waals surface area contributed by atoms with Crippen LogP contribution >= 0.6 is 0 Å². The number of carbonyl (C=O) groups excluding carboxylic acids is 2. The zero-order valence-electron chi connectivity index (χ0n) is 13.5. The van der Waals surface area contributed by atoms with Gasteiger partial charge < -0.3 is 15.4 Å². The van der Waals surface area contributed by atoms with Gasteiger partial charge in [-0.2, -0.15) is 0 Å². The van der Waals surface area contributed by atoms with E-state index in [0.29, 0.717) is 11.3 Å². The molecule has 2 amide bonds. The van der Waals surface area contributed by atoms with Crippen LogP contribution in [0, 0.1) is 12.7 Å². The summed E-state index contributed by atoms with van der Waals surface area (Å²) in [5.41, 5.74) is 2.10.